The van der Waals surface area contributed by atoms with E-state index in [2.05, 4.69) is 10.2 Å². The van der Waals surface area contributed by atoms with E-state index in [1.807, 2.05) is 18.2 Å². The second-order valence-electron chi connectivity index (χ2n) is 4.09. The Morgan fingerprint density at radius 3 is 2.55 bits per heavy atom. The summed E-state index contributed by atoms with van der Waals surface area (Å²) in [4.78, 5) is 0.945. The van der Waals surface area contributed by atoms with E-state index in [9.17, 15) is 0 Å². The van der Waals surface area contributed by atoms with Crippen molar-refractivity contribution in [1.82, 2.24) is 10.2 Å². The quantitative estimate of drug-likeness (QED) is 0.658. The Balaban J connectivity index is 2.21. The molecule has 7 heteroatoms. The average molecular weight is 345 g/mol. The fourth-order valence-electron chi connectivity index (χ4n) is 1.95. The second-order valence-corrected chi connectivity index (χ2v) is 6.65. The van der Waals surface area contributed by atoms with Crippen molar-refractivity contribution in [3.8, 4) is 21.7 Å². The molecule has 0 fully saturated rings. The van der Waals surface area contributed by atoms with Crippen LogP contribution in [0.25, 0.3) is 21.7 Å². The summed E-state index contributed by atoms with van der Waals surface area (Å²) in [7, 11) is 0. The molecule has 2 heterocycles. The molecular weight excluding hydrogens is 337 g/mol. The van der Waals surface area contributed by atoms with Crippen molar-refractivity contribution in [2.24, 2.45) is 0 Å². The number of H-pyrrole nitrogens is 1. The molecule has 3 N–H and O–H groups in total. The number of aromatic nitrogens is 2. The maximum Gasteiger partial charge on any atom is 0.153 e. The Morgan fingerprint density at radius 1 is 1.10 bits per heavy atom. The number of nitrogens with zero attached hydrogens (tertiary/aromatic N) is 1. The minimum absolute atomic E-state index is 0.383. The molecule has 0 bridgehead atoms. The third-order valence-corrected chi connectivity index (χ3v) is 4.61. The number of anilines is 1. The van der Waals surface area contributed by atoms with Crippen molar-refractivity contribution >= 4 is 52.0 Å². The predicted molar refractivity (Wildman–Crippen MR) is 86.8 cm³/mol. The summed E-state index contributed by atoms with van der Waals surface area (Å²) in [6.07, 6.45) is 0. The molecule has 0 aliphatic heterocycles. The van der Waals surface area contributed by atoms with Gasteiger partial charge in [-0.15, -0.1) is 11.3 Å². The smallest absolute Gasteiger partial charge is 0.153 e. The lowest BCUT2D eigenvalue weighted by Gasteiger charge is -2.06. The molecule has 102 valence electrons. The van der Waals surface area contributed by atoms with Crippen LogP contribution in [0.1, 0.15) is 0 Å². The van der Waals surface area contributed by atoms with Gasteiger partial charge in [-0.25, -0.2) is 0 Å². The number of hydrogen-bond acceptors (Lipinski definition) is 3. The number of benzene rings is 1. The Kier molecular flexibility index (Phi) is 3.65. The minimum Gasteiger partial charge on any atom is -0.382 e. The van der Waals surface area contributed by atoms with Crippen LogP contribution < -0.4 is 5.73 Å². The van der Waals surface area contributed by atoms with E-state index in [1.54, 1.807) is 12.1 Å². The summed E-state index contributed by atoms with van der Waals surface area (Å²) in [6, 6.07) is 9.00. The molecule has 0 amide bonds. The van der Waals surface area contributed by atoms with Gasteiger partial charge < -0.3 is 5.73 Å². The lowest BCUT2D eigenvalue weighted by Crippen LogP contribution is -1.89. The number of aromatic amines is 1. The summed E-state index contributed by atoms with van der Waals surface area (Å²) in [5, 5.41) is 8.09. The van der Waals surface area contributed by atoms with E-state index >= 15 is 0 Å². The van der Waals surface area contributed by atoms with Crippen LogP contribution in [-0.4, -0.2) is 10.2 Å². The van der Waals surface area contributed by atoms with Crippen molar-refractivity contribution in [3.05, 3.63) is 44.7 Å². The summed E-state index contributed by atoms with van der Waals surface area (Å²) < 4.78 is 0.696. The first kappa shape index (κ1) is 13.8. The number of nitrogen functional groups attached to an aromatic ring is 1. The van der Waals surface area contributed by atoms with Crippen molar-refractivity contribution in [1.29, 1.82) is 0 Å². The van der Waals surface area contributed by atoms with Gasteiger partial charge in [0.25, 0.3) is 0 Å². The first-order valence-electron chi connectivity index (χ1n) is 5.61. The predicted octanol–water partition coefficient (Wildman–Crippen LogP) is 5.35. The van der Waals surface area contributed by atoms with Crippen LogP contribution in [0.4, 0.5) is 5.82 Å². The van der Waals surface area contributed by atoms with Crippen molar-refractivity contribution in [2.45, 2.75) is 0 Å². The molecule has 0 aliphatic rings. The second kappa shape index (κ2) is 5.30. The highest BCUT2D eigenvalue weighted by Gasteiger charge is 2.18. The summed E-state index contributed by atoms with van der Waals surface area (Å²) in [5.41, 5.74) is 8.29. The molecule has 2 aromatic heterocycles. The molecule has 20 heavy (non-hydrogen) atoms. The van der Waals surface area contributed by atoms with Gasteiger partial charge in [-0.05, 0) is 24.3 Å². The molecule has 0 saturated carbocycles. The Hall–Kier alpha value is -1.20. The van der Waals surface area contributed by atoms with E-state index in [-0.39, 0.29) is 0 Å². The summed E-state index contributed by atoms with van der Waals surface area (Å²) in [5.74, 6) is 0.383. The lowest BCUT2D eigenvalue weighted by atomic mass is 10.0. The van der Waals surface area contributed by atoms with Crippen LogP contribution in [0.15, 0.2) is 30.3 Å². The van der Waals surface area contributed by atoms with Gasteiger partial charge >= 0.3 is 0 Å². The molecule has 0 atom stereocenters. The lowest BCUT2D eigenvalue weighted by molar-refractivity contribution is 1.11. The maximum absolute atomic E-state index is 6.25. The van der Waals surface area contributed by atoms with E-state index in [0.29, 0.717) is 20.2 Å². The number of nitrogens with one attached hydrogen (secondary N) is 1. The highest BCUT2D eigenvalue weighted by atomic mass is 35.5. The van der Waals surface area contributed by atoms with Gasteiger partial charge in [0.05, 0.1) is 25.5 Å². The number of halogens is 3. The van der Waals surface area contributed by atoms with E-state index in [1.165, 1.54) is 11.3 Å². The molecule has 0 spiro atoms. The highest BCUT2D eigenvalue weighted by molar-refractivity contribution is 7.19. The van der Waals surface area contributed by atoms with Crippen LogP contribution in [0.3, 0.4) is 0 Å². The van der Waals surface area contributed by atoms with E-state index in [0.717, 1.165) is 21.7 Å². The van der Waals surface area contributed by atoms with Crippen LogP contribution >= 0.6 is 46.1 Å². The Morgan fingerprint density at radius 2 is 1.90 bits per heavy atom. The topological polar surface area (TPSA) is 54.7 Å². The average Bonchev–Trinajstić information content (AvgIpc) is 2.96. The zero-order chi connectivity index (χ0) is 14.3. The van der Waals surface area contributed by atoms with Crippen LogP contribution in [-0.2, 0) is 0 Å². The van der Waals surface area contributed by atoms with Crippen LogP contribution in [0, 0.1) is 0 Å². The molecule has 1 aromatic carbocycles. The zero-order valence-corrected chi connectivity index (χ0v) is 13.0. The van der Waals surface area contributed by atoms with Gasteiger partial charge in [0.1, 0.15) is 0 Å². The molecule has 3 nitrogen and oxygen atoms in total. The van der Waals surface area contributed by atoms with E-state index in [4.69, 9.17) is 40.5 Å². The van der Waals surface area contributed by atoms with E-state index < -0.39 is 0 Å². The zero-order valence-electron chi connectivity index (χ0n) is 9.95. The molecule has 0 saturated heterocycles. The molecular formula is C13H8Cl3N3S. The van der Waals surface area contributed by atoms with Crippen LogP contribution in [0.2, 0.25) is 14.4 Å². The van der Waals surface area contributed by atoms with Gasteiger partial charge in [0.15, 0.2) is 5.82 Å². The monoisotopic (exact) mass is 343 g/mol. The number of thiophene rings is 1. The molecule has 3 rings (SSSR count). The van der Waals surface area contributed by atoms with Gasteiger partial charge in [-0.1, -0.05) is 40.9 Å². The number of nitrogens with two attached hydrogens (primary N) is 1. The Labute approximate surface area is 134 Å². The SMILES string of the molecule is Nc1n[nH]c(-c2ccc(Cl)s2)c1-c1ccc(Cl)cc1Cl. The number of rotatable bonds is 2. The van der Waals surface area contributed by atoms with Crippen molar-refractivity contribution in [3.63, 3.8) is 0 Å². The summed E-state index contributed by atoms with van der Waals surface area (Å²) in [6.45, 7) is 0. The number of hydrogen-bond donors (Lipinski definition) is 2. The molecule has 3 aromatic rings. The molecule has 0 aliphatic carbocycles. The van der Waals surface area contributed by atoms with Crippen molar-refractivity contribution < 1.29 is 0 Å². The van der Waals surface area contributed by atoms with Crippen molar-refractivity contribution in [2.75, 3.05) is 5.73 Å². The molecule has 0 radical (unpaired) electrons. The fourth-order valence-corrected chi connectivity index (χ4v) is 3.50. The van der Waals surface area contributed by atoms with Gasteiger partial charge in [0, 0.05) is 10.6 Å². The first-order chi connectivity index (χ1) is 9.56. The Bertz CT molecular complexity index is 779. The first-order valence-corrected chi connectivity index (χ1v) is 7.56. The minimum atomic E-state index is 0.383. The third-order valence-electron chi connectivity index (χ3n) is 2.81. The largest absolute Gasteiger partial charge is 0.382 e. The van der Waals surface area contributed by atoms with Gasteiger partial charge in [-0.3, -0.25) is 5.10 Å². The maximum atomic E-state index is 6.25. The third kappa shape index (κ3) is 2.40. The highest BCUT2D eigenvalue weighted by Crippen LogP contribution is 2.41. The normalized spacial score (nSPS) is 10.9. The fraction of sp³-hybridized carbons (Fsp3) is 0. The standard InChI is InChI=1S/C13H8Cl3N3S/c14-6-1-2-7(8(15)5-6)11-12(18-19-13(11)17)9-3-4-10(16)20-9/h1-5H,(H3,17,18,19). The van der Waals surface area contributed by atoms with Crippen LogP contribution in [0.5, 0.6) is 0 Å². The van der Waals surface area contributed by atoms with Gasteiger partial charge in [0.2, 0.25) is 0 Å². The summed E-state index contributed by atoms with van der Waals surface area (Å²) >= 11 is 19.6. The van der Waals surface area contributed by atoms with Gasteiger partial charge in [-0.2, -0.15) is 5.10 Å². The molecule has 0 unspecified atom stereocenters.